The zero-order valence-electron chi connectivity index (χ0n) is 10.8. The van der Waals surface area contributed by atoms with Crippen molar-refractivity contribution in [3.8, 4) is 6.07 Å². The lowest BCUT2D eigenvalue weighted by Crippen LogP contribution is -2.22. The summed E-state index contributed by atoms with van der Waals surface area (Å²) in [6.45, 7) is 8.29. The quantitative estimate of drug-likeness (QED) is 0.783. The second-order valence-electron chi connectivity index (χ2n) is 4.90. The van der Waals surface area contributed by atoms with Gasteiger partial charge in [-0.05, 0) is 37.8 Å². The van der Waals surface area contributed by atoms with E-state index < -0.39 is 0 Å². The zero-order chi connectivity index (χ0) is 12.4. The Hall–Kier alpha value is -1.56. The predicted octanol–water partition coefficient (Wildman–Crippen LogP) is 2.81. The van der Waals surface area contributed by atoms with Gasteiger partial charge in [0.25, 0.3) is 0 Å². The lowest BCUT2D eigenvalue weighted by molar-refractivity contribution is 0.568. The summed E-state index contributed by atoms with van der Waals surface area (Å²) in [5, 5.41) is 9.26. The average Bonchev–Trinajstić information content (AvgIpc) is 2.76. The number of anilines is 1. The second kappa shape index (κ2) is 4.75. The van der Waals surface area contributed by atoms with Crippen LogP contribution in [0.1, 0.15) is 36.6 Å². The minimum Gasteiger partial charge on any atom is -0.355 e. The Morgan fingerprint density at radius 1 is 1.53 bits per heavy atom. The normalized spacial score (nSPS) is 19.4. The largest absolute Gasteiger partial charge is 0.355 e. The molecule has 1 aromatic rings. The minimum absolute atomic E-state index is 0.743. The Kier molecular flexibility index (Phi) is 3.33. The van der Waals surface area contributed by atoms with Gasteiger partial charge in [0, 0.05) is 18.8 Å². The summed E-state index contributed by atoms with van der Waals surface area (Å²) in [5.41, 5.74) is 2.78. The maximum atomic E-state index is 9.26. The molecule has 0 aliphatic carbocycles. The van der Waals surface area contributed by atoms with Crippen molar-refractivity contribution in [2.24, 2.45) is 5.92 Å². The summed E-state index contributed by atoms with van der Waals surface area (Å²) in [4.78, 5) is 6.83. The smallest absolute Gasteiger partial charge is 0.147 e. The molecule has 17 heavy (non-hydrogen) atoms. The van der Waals surface area contributed by atoms with Crippen molar-refractivity contribution in [3.63, 3.8) is 0 Å². The van der Waals surface area contributed by atoms with Gasteiger partial charge in [-0.2, -0.15) is 5.26 Å². The molecule has 0 bridgehead atoms. The number of aromatic nitrogens is 1. The van der Waals surface area contributed by atoms with E-state index in [-0.39, 0.29) is 0 Å². The minimum atomic E-state index is 0.743. The van der Waals surface area contributed by atoms with Gasteiger partial charge in [0.2, 0.25) is 0 Å². The summed E-state index contributed by atoms with van der Waals surface area (Å²) < 4.78 is 0. The van der Waals surface area contributed by atoms with Gasteiger partial charge >= 0.3 is 0 Å². The fraction of sp³-hybridized carbons (Fsp3) is 0.571. The summed E-state index contributed by atoms with van der Waals surface area (Å²) in [6.07, 6.45) is 2.43. The Morgan fingerprint density at radius 2 is 2.29 bits per heavy atom. The highest BCUT2D eigenvalue weighted by Gasteiger charge is 2.24. The predicted molar refractivity (Wildman–Crippen MR) is 69.0 cm³/mol. The second-order valence-corrected chi connectivity index (χ2v) is 4.90. The van der Waals surface area contributed by atoms with E-state index in [9.17, 15) is 5.26 Å². The van der Waals surface area contributed by atoms with Crippen LogP contribution in [0.2, 0.25) is 0 Å². The third-order valence-electron chi connectivity index (χ3n) is 3.60. The molecule has 2 heterocycles. The first-order chi connectivity index (χ1) is 8.15. The van der Waals surface area contributed by atoms with Crippen LogP contribution in [-0.2, 0) is 0 Å². The van der Waals surface area contributed by atoms with Crippen molar-refractivity contribution in [1.29, 1.82) is 5.26 Å². The molecule has 1 fully saturated rings. The Bertz CT molecular complexity index is 459. The first-order valence-electron chi connectivity index (χ1n) is 6.29. The first-order valence-corrected chi connectivity index (χ1v) is 6.29. The number of nitriles is 1. The Labute approximate surface area is 103 Å². The summed E-state index contributed by atoms with van der Waals surface area (Å²) in [5.74, 6) is 1.64. The van der Waals surface area contributed by atoms with Crippen LogP contribution in [0.15, 0.2) is 6.07 Å². The van der Waals surface area contributed by atoms with E-state index in [0.29, 0.717) is 0 Å². The first kappa shape index (κ1) is 11.9. The summed E-state index contributed by atoms with van der Waals surface area (Å²) >= 11 is 0. The van der Waals surface area contributed by atoms with Crippen LogP contribution in [0, 0.1) is 31.1 Å². The number of hydrogen-bond acceptors (Lipinski definition) is 3. The van der Waals surface area contributed by atoms with Crippen LogP contribution >= 0.6 is 0 Å². The van der Waals surface area contributed by atoms with Crippen molar-refractivity contribution in [1.82, 2.24) is 4.98 Å². The van der Waals surface area contributed by atoms with Gasteiger partial charge in [0.15, 0.2) is 0 Å². The van der Waals surface area contributed by atoms with E-state index in [2.05, 4.69) is 22.9 Å². The van der Waals surface area contributed by atoms with E-state index >= 15 is 0 Å². The van der Waals surface area contributed by atoms with Gasteiger partial charge < -0.3 is 4.90 Å². The molecule has 1 unspecified atom stereocenters. The molecule has 0 saturated carbocycles. The molecule has 1 aliphatic rings. The maximum Gasteiger partial charge on any atom is 0.147 e. The fourth-order valence-electron chi connectivity index (χ4n) is 2.54. The van der Waals surface area contributed by atoms with Crippen LogP contribution in [0.25, 0.3) is 0 Å². The van der Waals surface area contributed by atoms with Crippen LogP contribution in [0.3, 0.4) is 0 Å². The Morgan fingerprint density at radius 3 is 2.88 bits per heavy atom. The number of rotatable bonds is 2. The molecule has 1 aliphatic heterocycles. The van der Waals surface area contributed by atoms with Crippen LogP contribution < -0.4 is 4.90 Å². The highest BCUT2D eigenvalue weighted by Crippen LogP contribution is 2.28. The molecular formula is C14H19N3. The third kappa shape index (κ3) is 2.26. The van der Waals surface area contributed by atoms with Gasteiger partial charge in [-0.25, -0.2) is 4.98 Å². The molecule has 90 valence electrons. The van der Waals surface area contributed by atoms with Gasteiger partial charge in [0.05, 0.1) is 5.56 Å². The van der Waals surface area contributed by atoms with E-state index in [1.54, 1.807) is 0 Å². The maximum absolute atomic E-state index is 9.26. The Balaban J connectivity index is 2.36. The van der Waals surface area contributed by atoms with E-state index in [1.165, 1.54) is 12.8 Å². The summed E-state index contributed by atoms with van der Waals surface area (Å²) in [6, 6.07) is 4.28. The number of hydrogen-bond donors (Lipinski definition) is 0. The molecule has 3 nitrogen and oxygen atoms in total. The topological polar surface area (TPSA) is 39.9 Å². The van der Waals surface area contributed by atoms with E-state index in [1.807, 2.05) is 19.9 Å². The van der Waals surface area contributed by atoms with Gasteiger partial charge in [-0.1, -0.05) is 13.3 Å². The molecule has 0 spiro atoms. The van der Waals surface area contributed by atoms with Crippen LogP contribution in [0.4, 0.5) is 5.82 Å². The van der Waals surface area contributed by atoms with Gasteiger partial charge in [-0.15, -0.1) is 0 Å². The van der Waals surface area contributed by atoms with E-state index in [4.69, 9.17) is 0 Å². The monoisotopic (exact) mass is 229 g/mol. The van der Waals surface area contributed by atoms with Crippen LogP contribution in [0.5, 0.6) is 0 Å². The van der Waals surface area contributed by atoms with Crippen molar-refractivity contribution in [3.05, 3.63) is 22.9 Å². The molecule has 0 N–H and O–H groups in total. The lowest BCUT2D eigenvalue weighted by Gasteiger charge is -2.20. The van der Waals surface area contributed by atoms with Gasteiger partial charge in [-0.3, -0.25) is 0 Å². The van der Waals surface area contributed by atoms with Crippen molar-refractivity contribution in [2.75, 3.05) is 18.0 Å². The SMILES string of the molecule is CCC1CCN(c2nc(C)cc(C)c2C#N)C1. The average molecular weight is 229 g/mol. The molecule has 1 atom stereocenters. The van der Waals surface area contributed by atoms with Crippen LogP contribution in [-0.4, -0.2) is 18.1 Å². The molecule has 2 rings (SSSR count). The number of aryl methyl sites for hydroxylation is 2. The fourth-order valence-corrected chi connectivity index (χ4v) is 2.54. The van der Waals surface area contributed by atoms with Crippen molar-refractivity contribution in [2.45, 2.75) is 33.6 Å². The molecular weight excluding hydrogens is 210 g/mol. The number of nitrogens with zero attached hydrogens (tertiary/aromatic N) is 3. The molecule has 0 amide bonds. The standard InChI is InChI=1S/C14H19N3/c1-4-12-5-6-17(9-12)14-13(8-15)10(2)7-11(3)16-14/h7,12H,4-6,9H2,1-3H3. The van der Waals surface area contributed by atoms with Gasteiger partial charge in [0.1, 0.15) is 11.9 Å². The van der Waals surface area contributed by atoms with Crippen molar-refractivity contribution < 1.29 is 0 Å². The molecule has 3 heteroatoms. The van der Waals surface area contributed by atoms with Crippen molar-refractivity contribution >= 4 is 5.82 Å². The third-order valence-corrected chi connectivity index (χ3v) is 3.60. The highest BCUT2D eigenvalue weighted by molar-refractivity contribution is 5.58. The molecule has 1 aromatic heterocycles. The zero-order valence-corrected chi connectivity index (χ0v) is 10.8. The molecule has 0 radical (unpaired) electrons. The highest BCUT2D eigenvalue weighted by atomic mass is 15.2. The molecule has 0 aromatic carbocycles. The molecule has 1 saturated heterocycles. The van der Waals surface area contributed by atoms with E-state index in [0.717, 1.165) is 41.6 Å². The lowest BCUT2D eigenvalue weighted by atomic mass is 10.1. The number of pyridine rings is 1. The summed E-state index contributed by atoms with van der Waals surface area (Å²) in [7, 11) is 0.